The number of carbonyl (C=O) groups is 11. The third-order valence-electron chi connectivity index (χ3n) is 12.0. The number of nitrogens with zero attached hydrogens (tertiary/aromatic N) is 3. The largest absolute Gasteiger partial charge is 0.481 e. The molecule has 0 aromatic heterocycles. The van der Waals surface area contributed by atoms with Crippen LogP contribution in [0.4, 0.5) is 0 Å². The van der Waals surface area contributed by atoms with Gasteiger partial charge in [-0.05, 0) is 84.1 Å². The maximum absolute atomic E-state index is 14.1. The molecule has 27 nitrogen and oxygen atoms in total. The number of guanidine groups is 1. The molecule has 386 valence electrons. The lowest BCUT2D eigenvalue weighted by Gasteiger charge is -2.31. The quantitative estimate of drug-likeness (QED) is 0.0219. The number of primary amides is 1. The number of aliphatic carboxylic acids is 2. The lowest BCUT2D eigenvalue weighted by atomic mass is 10.0. The van der Waals surface area contributed by atoms with E-state index in [4.69, 9.17) is 17.2 Å². The van der Waals surface area contributed by atoms with Crippen LogP contribution >= 0.6 is 0 Å². The molecule has 3 heterocycles. The standard InChI is InChI=1S/C42H69N13O14/c1-20(2)31(37(64)51-26(19-30(58)59)40(67)55-18-7-11-27(55)35(62)48-21(3)41(68)69)52-34(61)23(9-5-16-47-42(44)45)49-33(60)24(13-14-29(43)57)50-38(65)32(22(4)56)53-36(63)28-12-8-17-54(28)39(66)25-10-6-15-46-25/h20-28,31-32,46,56H,5-19H2,1-4H3,(H2,43,57)(H,48,62)(H,49,60)(H,50,65)(H,51,64)(H,52,61)(H,53,63)(H,58,59)(H,68,69)(H4,44,45,47)/t21-,22+,23-,24-,25-,26-,27-,28-,31-,32-/m0/s1. The second-order valence-electron chi connectivity index (χ2n) is 17.8. The molecule has 3 aliphatic heterocycles. The summed E-state index contributed by atoms with van der Waals surface area (Å²) in [4.78, 5) is 151. The van der Waals surface area contributed by atoms with Crippen molar-refractivity contribution in [3.05, 3.63) is 0 Å². The second kappa shape index (κ2) is 26.8. The topological polar surface area (TPSA) is 430 Å². The van der Waals surface area contributed by atoms with Crippen LogP contribution in [-0.4, -0.2) is 183 Å². The van der Waals surface area contributed by atoms with Gasteiger partial charge >= 0.3 is 11.9 Å². The molecule has 27 heteroatoms. The van der Waals surface area contributed by atoms with E-state index in [0.29, 0.717) is 38.8 Å². The molecule has 3 rings (SSSR count). The molecule has 0 aliphatic carbocycles. The van der Waals surface area contributed by atoms with E-state index in [2.05, 4.69) is 42.2 Å². The van der Waals surface area contributed by atoms with Gasteiger partial charge in [-0.3, -0.25) is 57.7 Å². The minimum atomic E-state index is -1.74. The Kier molecular flexibility index (Phi) is 22.0. The summed E-state index contributed by atoms with van der Waals surface area (Å²) in [5.74, 6) is -11.5. The molecule has 3 fully saturated rings. The molecule has 0 spiro atoms. The number of likely N-dealkylation sites (tertiary alicyclic amines) is 2. The molecule has 9 amide bonds. The first-order valence-electron chi connectivity index (χ1n) is 23.1. The molecule has 0 bridgehead atoms. The van der Waals surface area contributed by atoms with Crippen molar-refractivity contribution in [2.75, 3.05) is 26.2 Å². The van der Waals surface area contributed by atoms with Gasteiger partial charge in [-0.2, -0.15) is 0 Å². The molecule has 69 heavy (non-hydrogen) atoms. The number of aliphatic hydroxyl groups excluding tert-OH is 1. The monoisotopic (exact) mass is 980 g/mol. The Bertz CT molecular complexity index is 1940. The summed E-state index contributed by atoms with van der Waals surface area (Å²) in [6, 6.07) is -11.8. The number of amides is 9. The summed E-state index contributed by atoms with van der Waals surface area (Å²) >= 11 is 0. The number of rotatable bonds is 26. The third-order valence-corrected chi connectivity index (χ3v) is 12.0. The van der Waals surface area contributed by atoms with Crippen molar-refractivity contribution in [3.63, 3.8) is 0 Å². The Morgan fingerprint density at radius 2 is 1.22 bits per heavy atom. The van der Waals surface area contributed by atoms with Crippen LogP contribution in [0.2, 0.25) is 0 Å². The zero-order valence-electron chi connectivity index (χ0n) is 39.4. The highest BCUT2D eigenvalue weighted by Crippen LogP contribution is 2.22. The van der Waals surface area contributed by atoms with Crippen LogP contribution in [0.3, 0.4) is 0 Å². The summed E-state index contributed by atoms with van der Waals surface area (Å²) in [7, 11) is 0. The van der Waals surface area contributed by atoms with Crippen LogP contribution in [0.15, 0.2) is 4.99 Å². The van der Waals surface area contributed by atoms with Crippen molar-refractivity contribution in [2.45, 2.75) is 159 Å². The van der Waals surface area contributed by atoms with Gasteiger partial charge in [-0.1, -0.05) is 13.8 Å². The van der Waals surface area contributed by atoms with Crippen molar-refractivity contribution in [2.24, 2.45) is 28.1 Å². The predicted octanol–water partition coefficient (Wildman–Crippen LogP) is -5.44. The summed E-state index contributed by atoms with van der Waals surface area (Å²) < 4.78 is 0. The molecule has 0 aromatic rings. The minimum Gasteiger partial charge on any atom is -0.481 e. The molecule has 3 aliphatic rings. The first kappa shape index (κ1) is 56.7. The van der Waals surface area contributed by atoms with Crippen molar-refractivity contribution < 1.29 is 68.1 Å². The van der Waals surface area contributed by atoms with Crippen LogP contribution in [0.1, 0.15) is 98.3 Å². The van der Waals surface area contributed by atoms with Gasteiger partial charge in [0.1, 0.15) is 48.3 Å². The number of hydrogen-bond acceptors (Lipinski definition) is 14. The molecule has 10 atom stereocenters. The molecule has 0 radical (unpaired) electrons. The number of carboxylic acid groups (broad SMARTS) is 2. The van der Waals surface area contributed by atoms with Crippen molar-refractivity contribution >= 4 is 71.1 Å². The molecule has 3 saturated heterocycles. The van der Waals surface area contributed by atoms with Gasteiger partial charge in [0.15, 0.2) is 5.96 Å². The maximum atomic E-state index is 14.1. The summed E-state index contributed by atoms with van der Waals surface area (Å²) in [5, 5.41) is 47.3. The average molecular weight is 980 g/mol. The molecule has 0 aromatic carbocycles. The van der Waals surface area contributed by atoms with Gasteiger partial charge < -0.3 is 79.5 Å². The summed E-state index contributed by atoms with van der Waals surface area (Å²) in [5.41, 5.74) is 16.3. The van der Waals surface area contributed by atoms with E-state index in [1.165, 1.54) is 32.6 Å². The number of aliphatic imine (C=N–C) groups is 1. The number of hydrogen-bond donors (Lipinski definition) is 13. The number of carbonyl (C=O) groups excluding carboxylic acids is 9. The van der Waals surface area contributed by atoms with Crippen LogP contribution in [0, 0.1) is 5.92 Å². The molecule has 0 unspecified atom stereocenters. The lowest BCUT2D eigenvalue weighted by molar-refractivity contribution is -0.147. The van der Waals surface area contributed by atoms with Crippen molar-refractivity contribution in [1.29, 1.82) is 0 Å². The second-order valence-corrected chi connectivity index (χ2v) is 17.8. The van der Waals surface area contributed by atoms with Crippen LogP contribution in [0.5, 0.6) is 0 Å². The summed E-state index contributed by atoms with van der Waals surface area (Å²) in [6.45, 7) is 6.41. The fourth-order valence-electron chi connectivity index (χ4n) is 8.21. The predicted molar refractivity (Wildman–Crippen MR) is 242 cm³/mol. The van der Waals surface area contributed by atoms with E-state index in [1.54, 1.807) is 0 Å². The van der Waals surface area contributed by atoms with E-state index < -0.39 is 145 Å². The third kappa shape index (κ3) is 17.1. The maximum Gasteiger partial charge on any atom is 0.325 e. The molecule has 16 N–H and O–H groups in total. The Morgan fingerprint density at radius 3 is 1.77 bits per heavy atom. The highest BCUT2D eigenvalue weighted by molar-refractivity contribution is 5.99. The number of aliphatic hydroxyl groups is 1. The molecular weight excluding hydrogens is 911 g/mol. The van der Waals surface area contributed by atoms with Crippen LogP contribution in [0.25, 0.3) is 0 Å². The zero-order chi connectivity index (χ0) is 51.7. The van der Waals surface area contributed by atoms with Gasteiger partial charge in [0.25, 0.3) is 0 Å². The molecular formula is C42H69N13O14. The fourth-order valence-corrected chi connectivity index (χ4v) is 8.21. The lowest BCUT2D eigenvalue weighted by Crippen LogP contribution is -2.62. The normalized spacial score (nSPS) is 20.8. The minimum absolute atomic E-state index is 0.00897. The average Bonchev–Trinajstić information content (AvgIpc) is 4.09. The smallest absolute Gasteiger partial charge is 0.325 e. The van der Waals surface area contributed by atoms with Gasteiger partial charge in [0, 0.05) is 26.1 Å². The highest BCUT2D eigenvalue weighted by Gasteiger charge is 2.42. The molecule has 0 saturated carbocycles. The van der Waals surface area contributed by atoms with E-state index in [-0.39, 0.29) is 44.2 Å². The van der Waals surface area contributed by atoms with Crippen LogP contribution in [-0.2, 0) is 52.7 Å². The Hall–Kier alpha value is -6.64. The van der Waals surface area contributed by atoms with Gasteiger partial charge in [0.2, 0.25) is 53.2 Å². The zero-order valence-corrected chi connectivity index (χ0v) is 39.4. The van der Waals surface area contributed by atoms with E-state index in [9.17, 15) is 68.1 Å². The van der Waals surface area contributed by atoms with Gasteiger partial charge in [-0.15, -0.1) is 0 Å². The number of nitrogens with one attached hydrogen (secondary N) is 7. The SMILES string of the molecule is CC(C)[C@H](NC(=O)[C@H](CCCN=C(N)N)NC(=O)[C@H](CCC(N)=O)NC(=O)[C@@H](NC(=O)[C@@H]1CCCN1C(=O)[C@@H]1CCCN1)[C@@H](C)O)C(=O)N[C@@H](CC(=O)O)C(=O)N1CCC[C@H]1C(=O)N[C@@H](C)C(=O)O. The fraction of sp³-hybridized carbons (Fsp3) is 0.714. The Labute approximate surface area is 398 Å². The highest BCUT2D eigenvalue weighted by atomic mass is 16.4. The first-order chi connectivity index (χ1) is 32.4. The Morgan fingerprint density at radius 1 is 0.667 bits per heavy atom. The first-order valence-corrected chi connectivity index (χ1v) is 23.1. The summed E-state index contributed by atoms with van der Waals surface area (Å²) in [6.07, 6.45) is -0.800. The number of carboxylic acids is 2. The van der Waals surface area contributed by atoms with E-state index in [0.717, 1.165) is 11.3 Å². The van der Waals surface area contributed by atoms with E-state index in [1.807, 2.05) is 0 Å². The number of nitrogens with two attached hydrogens (primary N) is 3. The Balaban J connectivity index is 1.83. The van der Waals surface area contributed by atoms with Gasteiger partial charge in [-0.25, -0.2) is 0 Å². The van der Waals surface area contributed by atoms with Crippen molar-refractivity contribution in [1.82, 2.24) is 47.0 Å². The van der Waals surface area contributed by atoms with Gasteiger partial charge in [0.05, 0.1) is 18.6 Å². The van der Waals surface area contributed by atoms with Crippen molar-refractivity contribution in [3.8, 4) is 0 Å². The van der Waals surface area contributed by atoms with E-state index >= 15 is 0 Å². The van der Waals surface area contributed by atoms with Crippen LogP contribution < -0.4 is 54.4 Å².